The molecule has 7 heteroatoms. The molecule has 0 aliphatic heterocycles. The number of nitrogens with zero attached hydrogens (tertiary/aromatic N) is 1. The topological polar surface area (TPSA) is 78.9 Å². The molecule has 0 unspecified atom stereocenters. The minimum Gasteiger partial charge on any atom is -0.480 e. The maximum Gasteiger partial charge on any atom is 0.323 e. The molecule has 0 aromatic heterocycles. The lowest BCUT2D eigenvalue weighted by molar-refractivity contribution is -0.135. The van der Waals surface area contributed by atoms with Crippen molar-refractivity contribution < 1.29 is 19.4 Å². The molecule has 2 amide bonds. The van der Waals surface area contributed by atoms with Gasteiger partial charge in [0.25, 0.3) is 0 Å². The van der Waals surface area contributed by atoms with Gasteiger partial charge in [-0.3, -0.25) is 9.69 Å². The van der Waals surface area contributed by atoms with E-state index in [1.165, 1.54) is 6.07 Å². The Kier molecular flexibility index (Phi) is 6.83. The van der Waals surface area contributed by atoms with Crippen LogP contribution in [0.2, 0.25) is 5.02 Å². The van der Waals surface area contributed by atoms with Gasteiger partial charge >= 0.3 is 12.0 Å². The Bertz CT molecular complexity index is 467. The van der Waals surface area contributed by atoms with Gasteiger partial charge in [0.05, 0.1) is 6.61 Å². The third-order valence-electron chi connectivity index (χ3n) is 2.39. The van der Waals surface area contributed by atoms with Crippen LogP contribution in [0.3, 0.4) is 0 Å². The van der Waals surface area contributed by atoms with Crippen LogP contribution in [0.5, 0.6) is 0 Å². The molecule has 0 radical (unpaired) electrons. The molecule has 0 atom stereocenters. The van der Waals surface area contributed by atoms with Gasteiger partial charge in [-0.05, 0) is 25.1 Å². The van der Waals surface area contributed by atoms with E-state index in [0.29, 0.717) is 30.5 Å². The Morgan fingerprint density at radius 1 is 1.45 bits per heavy atom. The van der Waals surface area contributed by atoms with Crippen molar-refractivity contribution in [3.8, 4) is 0 Å². The maximum absolute atomic E-state index is 12.0. The van der Waals surface area contributed by atoms with Crippen LogP contribution in [0.15, 0.2) is 24.3 Å². The van der Waals surface area contributed by atoms with Gasteiger partial charge in [0.15, 0.2) is 0 Å². The highest BCUT2D eigenvalue weighted by atomic mass is 35.5. The largest absolute Gasteiger partial charge is 0.480 e. The molecule has 0 spiro atoms. The average Bonchev–Trinajstić information content (AvgIpc) is 2.40. The number of ether oxygens (including phenoxy) is 1. The molecule has 110 valence electrons. The number of aliphatic carboxylic acids is 1. The second-order valence-electron chi connectivity index (χ2n) is 3.89. The molecule has 20 heavy (non-hydrogen) atoms. The minimum atomic E-state index is -1.11. The molecule has 2 N–H and O–H groups in total. The predicted molar refractivity (Wildman–Crippen MR) is 76.3 cm³/mol. The minimum absolute atomic E-state index is 0.309. The monoisotopic (exact) mass is 300 g/mol. The van der Waals surface area contributed by atoms with Crippen LogP contribution in [0.25, 0.3) is 0 Å². The van der Waals surface area contributed by atoms with Crippen molar-refractivity contribution in [3.05, 3.63) is 29.3 Å². The van der Waals surface area contributed by atoms with Crippen LogP contribution in [0.1, 0.15) is 6.92 Å². The molecule has 6 nitrogen and oxygen atoms in total. The zero-order chi connectivity index (χ0) is 15.0. The predicted octanol–water partition coefficient (Wildman–Crippen LogP) is 1.98. The molecular weight excluding hydrogens is 284 g/mol. The van der Waals surface area contributed by atoms with Gasteiger partial charge in [-0.1, -0.05) is 17.7 Å². The summed E-state index contributed by atoms with van der Waals surface area (Å²) in [6.07, 6.45) is 0. The van der Waals surface area contributed by atoms with E-state index in [1.54, 1.807) is 18.2 Å². The molecule has 0 aliphatic carbocycles. The van der Waals surface area contributed by atoms with E-state index < -0.39 is 18.5 Å². The third-order valence-corrected chi connectivity index (χ3v) is 2.62. The summed E-state index contributed by atoms with van der Waals surface area (Å²) in [5.74, 6) is -1.11. The van der Waals surface area contributed by atoms with Crippen LogP contribution >= 0.6 is 11.6 Å². The molecule has 0 saturated heterocycles. The summed E-state index contributed by atoms with van der Waals surface area (Å²) >= 11 is 5.85. The average molecular weight is 301 g/mol. The first kappa shape index (κ1) is 16.3. The number of urea groups is 1. The van der Waals surface area contributed by atoms with Gasteiger partial charge in [0.1, 0.15) is 6.54 Å². The van der Waals surface area contributed by atoms with Crippen molar-refractivity contribution in [1.29, 1.82) is 0 Å². The van der Waals surface area contributed by atoms with Crippen molar-refractivity contribution in [2.75, 3.05) is 31.2 Å². The second-order valence-corrected chi connectivity index (χ2v) is 4.33. The van der Waals surface area contributed by atoms with E-state index in [0.717, 1.165) is 4.90 Å². The summed E-state index contributed by atoms with van der Waals surface area (Å²) in [5.41, 5.74) is 0.425. The van der Waals surface area contributed by atoms with Gasteiger partial charge in [-0.15, -0.1) is 0 Å². The zero-order valence-electron chi connectivity index (χ0n) is 11.1. The fourth-order valence-electron chi connectivity index (χ4n) is 1.53. The summed E-state index contributed by atoms with van der Waals surface area (Å²) in [5, 5.41) is 11.9. The second kappa shape index (κ2) is 8.39. The first-order chi connectivity index (χ1) is 9.54. The standard InChI is InChI=1S/C13H17ClN2O4/c1-2-20-7-6-15-13(19)16(9-12(17)18)11-5-3-4-10(14)8-11/h3-5,8H,2,6-7,9H2,1H3,(H,15,19)(H,17,18). The SMILES string of the molecule is CCOCCNC(=O)N(CC(=O)O)c1cccc(Cl)c1. The molecule has 0 saturated carbocycles. The van der Waals surface area contributed by atoms with Crippen molar-refractivity contribution in [2.24, 2.45) is 0 Å². The highest BCUT2D eigenvalue weighted by Gasteiger charge is 2.18. The number of amides is 2. The number of carboxylic acids is 1. The molecule has 1 aromatic rings. The van der Waals surface area contributed by atoms with E-state index in [2.05, 4.69) is 5.32 Å². The first-order valence-corrected chi connectivity index (χ1v) is 6.53. The number of carbonyl (C=O) groups is 2. The fraction of sp³-hybridized carbons (Fsp3) is 0.385. The zero-order valence-corrected chi connectivity index (χ0v) is 11.9. The Morgan fingerprint density at radius 2 is 2.20 bits per heavy atom. The van der Waals surface area contributed by atoms with E-state index in [4.69, 9.17) is 21.4 Å². The number of hydrogen-bond acceptors (Lipinski definition) is 3. The summed E-state index contributed by atoms with van der Waals surface area (Å²) in [6.45, 7) is 2.65. The number of halogens is 1. The quantitative estimate of drug-likeness (QED) is 0.755. The third kappa shape index (κ3) is 5.46. The normalized spacial score (nSPS) is 10.1. The Hall–Kier alpha value is -1.79. The molecule has 0 aliphatic rings. The number of rotatable bonds is 7. The molecule has 1 rings (SSSR count). The van der Waals surface area contributed by atoms with E-state index in [9.17, 15) is 9.59 Å². The fourth-order valence-corrected chi connectivity index (χ4v) is 1.71. The molecule has 0 heterocycles. The number of carboxylic acid groups (broad SMARTS) is 1. The molecular formula is C13H17ClN2O4. The van der Waals surface area contributed by atoms with Crippen molar-refractivity contribution >= 4 is 29.3 Å². The van der Waals surface area contributed by atoms with E-state index in [-0.39, 0.29) is 0 Å². The van der Waals surface area contributed by atoms with Crippen LogP contribution in [-0.4, -0.2) is 43.4 Å². The summed E-state index contributed by atoms with van der Waals surface area (Å²) in [6, 6.07) is 5.95. The number of benzene rings is 1. The molecule has 0 fully saturated rings. The lowest BCUT2D eigenvalue weighted by Crippen LogP contribution is -2.44. The summed E-state index contributed by atoms with van der Waals surface area (Å²) < 4.78 is 5.10. The lowest BCUT2D eigenvalue weighted by atomic mass is 10.3. The van der Waals surface area contributed by atoms with Gasteiger partial charge in [-0.2, -0.15) is 0 Å². The van der Waals surface area contributed by atoms with Crippen molar-refractivity contribution in [3.63, 3.8) is 0 Å². The smallest absolute Gasteiger partial charge is 0.323 e. The van der Waals surface area contributed by atoms with Gasteiger partial charge in [0, 0.05) is 23.9 Å². The Balaban J connectivity index is 2.73. The van der Waals surface area contributed by atoms with Gasteiger partial charge in [-0.25, -0.2) is 4.79 Å². The number of anilines is 1. The number of hydrogen-bond donors (Lipinski definition) is 2. The van der Waals surface area contributed by atoms with Gasteiger partial charge in [0.2, 0.25) is 0 Å². The highest BCUT2D eigenvalue weighted by molar-refractivity contribution is 6.30. The highest BCUT2D eigenvalue weighted by Crippen LogP contribution is 2.19. The summed E-state index contributed by atoms with van der Waals surface area (Å²) in [7, 11) is 0. The van der Waals surface area contributed by atoms with Crippen molar-refractivity contribution in [1.82, 2.24) is 5.32 Å². The van der Waals surface area contributed by atoms with Crippen LogP contribution in [-0.2, 0) is 9.53 Å². The van der Waals surface area contributed by atoms with Crippen LogP contribution < -0.4 is 10.2 Å². The maximum atomic E-state index is 12.0. The number of carbonyl (C=O) groups excluding carboxylic acids is 1. The molecule has 1 aromatic carbocycles. The van der Waals surface area contributed by atoms with Crippen LogP contribution in [0.4, 0.5) is 10.5 Å². The van der Waals surface area contributed by atoms with Crippen molar-refractivity contribution in [2.45, 2.75) is 6.92 Å². The Labute approximate surface area is 122 Å². The van der Waals surface area contributed by atoms with E-state index >= 15 is 0 Å². The number of nitrogens with one attached hydrogen (secondary N) is 1. The van der Waals surface area contributed by atoms with E-state index in [1.807, 2.05) is 6.92 Å². The molecule has 0 bridgehead atoms. The first-order valence-electron chi connectivity index (χ1n) is 6.15. The Morgan fingerprint density at radius 3 is 2.80 bits per heavy atom. The summed E-state index contributed by atoms with van der Waals surface area (Å²) in [4.78, 5) is 24.0. The van der Waals surface area contributed by atoms with Crippen LogP contribution in [0, 0.1) is 0 Å². The lowest BCUT2D eigenvalue weighted by Gasteiger charge is -2.21. The van der Waals surface area contributed by atoms with Gasteiger partial charge < -0.3 is 15.2 Å².